The van der Waals surface area contributed by atoms with Crippen LogP contribution < -0.4 is 4.74 Å². The van der Waals surface area contributed by atoms with Gasteiger partial charge in [0.25, 0.3) is 5.69 Å². The normalized spacial score (nSPS) is 10.4. The molecule has 1 rings (SSSR count). The molecule has 0 radical (unpaired) electrons. The Morgan fingerprint density at radius 3 is 2.47 bits per heavy atom. The summed E-state index contributed by atoms with van der Waals surface area (Å²) in [7, 11) is -0.0251. The van der Waals surface area contributed by atoms with Crippen LogP contribution in [0.4, 0.5) is 5.69 Å². The molecule has 0 saturated heterocycles. The molecular formula is C12H15NO3Si. The second-order valence-electron chi connectivity index (χ2n) is 4.64. The summed E-state index contributed by atoms with van der Waals surface area (Å²) >= 11 is 0. The van der Waals surface area contributed by atoms with Gasteiger partial charge in [-0.25, -0.2) is 0 Å². The van der Waals surface area contributed by atoms with Crippen molar-refractivity contribution in [2.24, 2.45) is 0 Å². The van der Waals surface area contributed by atoms with Gasteiger partial charge < -0.3 is 4.74 Å². The molecule has 0 aromatic heterocycles. The van der Waals surface area contributed by atoms with Crippen molar-refractivity contribution in [3.05, 3.63) is 33.9 Å². The van der Waals surface area contributed by atoms with Crippen molar-refractivity contribution in [3.8, 4) is 17.2 Å². The molecule has 0 fully saturated rings. The number of rotatable bonds is 2. The van der Waals surface area contributed by atoms with E-state index in [0.29, 0.717) is 11.3 Å². The maximum Gasteiger partial charge on any atom is 0.285 e. The van der Waals surface area contributed by atoms with Crippen LogP contribution in [0.15, 0.2) is 18.2 Å². The van der Waals surface area contributed by atoms with E-state index in [1.54, 1.807) is 12.1 Å². The zero-order valence-corrected chi connectivity index (χ0v) is 11.4. The predicted molar refractivity (Wildman–Crippen MR) is 69.9 cm³/mol. The molecule has 0 N–H and O–H groups in total. The summed E-state index contributed by atoms with van der Waals surface area (Å²) in [6.45, 7) is 6.27. The maximum absolute atomic E-state index is 10.9. The van der Waals surface area contributed by atoms with Gasteiger partial charge in [-0.05, 0) is 6.07 Å². The summed E-state index contributed by atoms with van der Waals surface area (Å²) in [5, 5.41) is 10.9. The Balaban J connectivity index is 3.26. The Labute approximate surface area is 102 Å². The van der Waals surface area contributed by atoms with Crippen molar-refractivity contribution in [1.82, 2.24) is 0 Å². The predicted octanol–water partition coefficient (Wildman–Crippen LogP) is 2.83. The van der Waals surface area contributed by atoms with E-state index in [0.717, 1.165) is 0 Å². The van der Waals surface area contributed by atoms with Crippen LogP contribution in [0.1, 0.15) is 5.56 Å². The highest BCUT2D eigenvalue weighted by Crippen LogP contribution is 2.23. The van der Waals surface area contributed by atoms with Crippen molar-refractivity contribution >= 4 is 13.8 Å². The summed E-state index contributed by atoms with van der Waals surface area (Å²) in [4.78, 5) is 10.4. The van der Waals surface area contributed by atoms with Crippen molar-refractivity contribution < 1.29 is 9.66 Å². The fraction of sp³-hybridized carbons (Fsp3) is 0.333. The lowest BCUT2D eigenvalue weighted by Crippen LogP contribution is -2.16. The first-order valence-electron chi connectivity index (χ1n) is 5.19. The first kappa shape index (κ1) is 13.3. The molecule has 0 aliphatic heterocycles. The highest BCUT2D eigenvalue weighted by molar-refractivity contribution is 6.83. The average molecular weight is 249 g/mol. The van der Waals surface area contributed by atoms with Gasteiger partial charge in [-0.15, -0.1) is 5.54 Å². The van der Waals surface area contributed by atoms with Gasteiger partial charge in [-0.3, -0.25) is 10.1 Å². The van der Waals surface area contributed by atoms with Crippen molar-refractivity contribution in [2.45, 2.75) is 19.6 Å². The van der Waals surface area contributed by atoms with Gasteiger partial charge in [-0.2, -0.15) is 0 Å². The molecule has 0 bridgehead atoms. The second-order valence-corrected chi connectivity index (χ2v) is 9.39. The minimum Gasteiger partial charge on any atom is -0.497 e. The summed E-state index contributed by atoms with van der Waals surface area (Å²) in [5.74, 6) is 3.48. The summed E-state index contributed by atoms with van der Waals surface area (Å²) in [6, 6.07) is 4.59. The first-order valence-corrected chi connectivity index (χ1v) is 8.69. The molecule has 0 spiro atoms. The molecule has 0 amide bonds. The van der Waals surface area contributed by atoms with Gasteiger partial charge in [0.2, 0.25) is 0 Å². The van der Waals surface area contributed by atoms with Gasteiger partial charge in [-0.1, -0.05) is 25.6 Å². The molecule has 0 saturated carbocycles. The average Bonchev–Trinajstić information content (AvgIpc) is 2.24. The van der Waals surface area contributed by atoms with E-state index >= 15 is 0 Å². The van der Waals surface area contributed by atoms with Gasteiger partial charge in [0, 0.05) is 12.1 Å². The zero-order chi connectivity index (χ0) is 13.1. The molecule has 0 aliphatic carbocycles. The third-order valence-electron chi connectivity index (χ3n) is 1.97. The Kier molecular flexibility index (Phi) is 3.92. The third-order valence-corrected chi connectivity index (χ3v) is 2.85. The van der Waals surface area contributed by atoms with Crippen LogP contribution in [0, 0.1) is 21.6 Å². The summed E-state index contributed by atoms with van der Waals surface area (Å²) in [6.07, 6.45) is 0. The summed E-state index contributed by atoms with van der Waals surface area (Å²) < 4.78 is 5.04. The molecular weight excluding hydrogens is 234 g/mol. The number of nitrogens with zero attached hydrogens (tertiary/aromatic N) is 1. The largest absolute Gasteiger partial charge is 0.497 e. The minimum absolute atomic E-state index is 0.0246. The molecule has 0 heterocycles. The van der Waals surface area contributed by atoms with E-state index in [4.69, 9.17) is 4.74 Å². The number of hydrogen-bond donors (Lipinski definition) is 0. The lowest BCUT2D eigenvalue weighted by Gasteiger charge is -2.04. The number of nitro groups is 1. The van der Waals surface area contributed by atoms with E-state index < -0.39 is 13.0 Å². The first-order chi connectivity index (χ1) is 7.83. The Bertz CT molecular complexity index is 495. The fourth-order valence-corrected chi connectivity index (χ4v) is 1.67. The standard InChI is InChI=1S/C12H15NO3Si/c1-16-11-5-6-12(13(14)15)10(9-11)7-8-17(2,3)4/h5-6,9H,1-4H3. The number of ether oxygens (including phenoxy) is 1. The van der Waals surface area contributed by atoms with Crippen molar-refractivity contribution in [1.29, 1.82) is 0 Å². The lowest BCUT2D eigenvalue weighted by molar-refractivity contribution is -0.385. The van der Waals surface area contributed by atoms with Crippen LogP contribution in [-0.4, -0.2) is 20.1 Å². The molecule has 17 heavy (non-hydrogen) atoms. The van der Waals surface area contributed by atoms with Crippen LogP contribution in [0.2, 0.25) is 19.6 Å². The number of nitro benzene ring substituents is 1. The van der Waals surface area contributed by atoms with Gasteiger partial charge in [0.05, 0.1) is 12.0 Å². The molecule has 0 atom stereocenters. The Morgan fingerprint density at radius 1 is 1.35 bits per heavy atom. The Morgan fingerprint density at radius 2 is 2.00 bits per heavy atom. The van der Waals surface area contributed by atoms with E-state index in [9.17, 15) is 10.1 Å². The van der Waals surface area contributed by atoms with Crippen LogP contribution in [0.25, 0.3) is 0 Å². The second kappa shape index (κ2) is 5.02. The topological polar surface area (TPSA) is 52.4 Å². The lowest BCUT2D eigenvalue weighted by atomic mass is 10.2. The van der Waals surface area contributed by atoms with E-state index in [2.05, 4.69) is 31.1 Å². The number of methoxy groups -OCH3 is 1. The van der Waals surface area contributed by atoms with E-state index in [-0.39, 0.29) is 5.69 Å². The van der Waals surface area contributed by atoms with Gasteiger partial charge in [0.1, 0.15) is 19.4 Å². The molecule has 90 valence electrons. The van der Waals surface area contributed by atoms with E-state index in [1.165, 1.54) is 13.2 Å². The third kappa shape index (κ3) is 3.92. The fourth-order valence-electron chi connectivity index (χ4n) is 1.16. The highest BCUT2D eigenvalue weighted by atomic mass is 28.3. The van der Waals surface area contributed by atoms with Gasteiger partial charge >= 0.3 is 0 Å². The number of hydrogen-bond acceptors (Lipinski definition) is 3. The SMILES string of the molecule is COc1ccc([N+](=O)[O-])c(C#C[Si](C)(C)C)c1. The van der Waals surface area contributed by atoms with Crippen LogP contribution in [0.3, 0.4) is 0 Å². The molecule has 5 heteroatoms. The minimum atomic E-state index is -1.55. The quantitative estimate of drug-likeness (QED) is 0.350. The van der Waals surface area contributed by atoms with Crippen molar-refractivity contribution in [3.63, 3.8) is 0 Å². The maximum atomic E-state index is 10.9. The molecule has 4 nitrogen and oxygen atoms in total. The smallest absolute Gasteiger partial charge is 0.285 e. The monoisotopic (exact) mass is 249 g/mol. The van der Waals surface area contributed by atoms with E-state index in [1.807, 2.05) is 0 Å². The van der Waals surface area contributed by atoms with Crippen LogP contribution >= 0.6 is 0 Å². The summed E-state index contributed by atoms with van der Waals surface area (Å²) in [5.41, 5.74) is 3.55. The van der Waals surface area contributed by atoms with Gasteiger partial charge in [0.15, 0.2) is 0 Å². The molecule has 0 unspecified atom stereocenters. The molecule has 1 aromatic carbocycles. The van der Waals surface area contributed by atoms with Crippen LogP contribution in [0.5, 0.6) is 5.75 Å². The molecule has 0 aliphatic rings. The van der Waals surface area contributed by atoms with Crippen molar-refractivity contribution in [2.75, 3.05) is 7.11 Å². The zero-order valence-electron chi connectivity index (χ0n) is 10.4. The molecule has 1 aromatic rings. The van der Waals surface area contributed by atoms with Crippen LogP contribution in [-0.2, 0) is 0 Å². The number of benzene rings is 1. The highest BCUT2D eigenvalue weighted by Gasteiger charge is 2.14. The Hall–Kier alpha value is -1.80.